The minimum Gasteiger partial charge on any atom is -0.461 e. The molecule has 1 spiro atoms. The number of benzene rings is 1. The quantitative estimate of drug-likeness (QED) is 0.550. The number of nitrogens with zero attached hydrogens (tertiary/aromatic N) is 2. The summed E-state index contributed by atoms with van der Waals surface area (Å²) >= 11 is 6.66. The van der Waals surface area contributed by atoms with Gasteiger partial charge in [0.05, 0.1) is 29.4 Å². The van der Waals surface area contributed by atoms with Crippen LogP contribution in [0, 0.1) is 0 Å². The van der Waals surface area contributed by atoms with Crippen LogP contribution in [-0.2, 0) is 21.6 Å². The summed E-state index contributed by atoms with van der Waals surface area (Å²) in [6, 6.07) is 3.74. The fraction of sp³-hybridized carbons (Fsp3) is 0.520. The molecule has 10 heteroatoms. The van der Waals surface area contributed by atoms with E-state index in [1.165, 1.54) is 6.42 Å². The number of ether oxygens (including phenoxy) is 1. The summed E-state index contributed by atoms with van der Waals surface area (Å²) in [5.41, 5.74) is 2.53. The molecule has 3 aliphatic heterocycles. The van der Waals surface area contributed by atoms with Gasteiger partial charge in [0.1, 0.15) is 23.2 Å². The smallest absolute Gasteiger partial charge is 0.355 e. The van der Waals surface area contributed by atoms with E-state index in [1.54, 1.807) is 6.92 Å². The molecule has 1 saturated carbocycles. The average Bonchev–Trinajstić information content (AvgIpc) is 3.43. The molecule has 2 aromatic rings. The molecular weight excluding hydrogens is 470 g/mol. The van der Waals surface area contributed by atoms with Crippen LogP contribution in [0.25, 0.3) is 11.0 Å². The summed E-state index contributed by atoms with van der Waals surface area (Å²) in [6.45, 7) is 5.21. The third-order valence-corrected chi connectivity index (χ3v) is 7.88. The number of piperazine rings is 1. The van der Waals surface area contributed by atoms with E-state index in [1.807, 2.05) is 12.3 Å². The fourth-order valence-electron chi connectivity index (χ4n) is 6.02. The molecule has 9 nitrogen and oxygen atoms in total. The molecule has 3 N–H and O–H groups in total. The molecule has 1 atom stereocenters. The molecular formula is C25H30ClN5O4. The monoisotopic (exact) mass is 499 g/mol. The average molecular weight is 500 g/mol. The number of carbonyl (C=O) groups excluding carboxylic acids is 2. The van der Waals surface area contributed by atoms with Crippen LogP contribution >= 0.6 is 11.6 Å². The van der Waals surface area contributed by atoms with Gasteiger partial charge in [0.25, 0.3) is 0 Å². The molecule has 2 fully saturated rings. The molecule has 0 radical (unpaired) electrons. The van der Waals surface area contributed by atoms with Crippen LogP contribution in [0.15, 0.2) is 28.4 Å². The predicted molar refractivity (Wildman–Crippen MR) is 132 cm³/mol. The number of anilines is 1. The summed E-state index contributed by atoms with van der Waals surface area (Å²) in [4.78, 5) is 29.1. The lowest BCUT2D eigenvalue weighted by Gasteiger charge is -2.42. The first-order valence-corrected chi connectivity index (χ1v) is 12.8. The van der Waals surface area contributed by atoms with Crippen molar-refractivity contribution in [3.8, 4) is 0 Å². The highest BCUT2D eigenvalue weighted by Crippen LogP contribution is 2.49. The molecule has 1 saturated heterocycles. The number of esters is 1. The lowest BCUT2D eigenvalue weighted by atomic mass is 9.74. The van der Waals surface area contributed by atoms with E-state index < -0.39 is 5.54 Å². The first kappa shape index (κ1) is 22.5. The van der Waals surface area contributed by atoms with Gasteiger partial charge >= 0.3 is 12.0 Å². The van der Waals surface area contributed by atoms with E-state index in [2.05, 4.69) is 31.8 Å². The Bertz CT molecular complexity index is 1220. The number of hydrogen-bond acceptors (Lipinski definition) is 7. The Morgan fingerprint density at radius 2 is 2.09 bits per heavy atom. The summed E-state index contributed by atoms with van der Waals surface area (Å²) in [5.74, 6) is 0.544. The summed E-state index contributed by atoms with van der Waals surface area (Å²) in [7, 11) is 0. The number of fused-ring (bicyclic) bond motifs is 5. The van der Waals surface area contributed by atoms with Crippen LogP contribution < -0.4 is 16.0 Å². The van der Waals surface area contributed by atoms with Crippen molar-refractivity contribution in [1.82, 2.24) is 20.4 Å². The van der Waals surface area contributed by atoms with Gasteiger partial charge in [-0.25, -0.2) is 9.59 Å². The zero-order chi connectivity index (χ0) is 24.2. The second kappa shape index (κ2) is 8.64. The minimum atomic E-state index is -0.442. The Kier molecular flexibility index (Phi) is 5.56. The van der Waals surface area contributed by atoms with Gasteiger partial charge in [0.15, 0.2) is 0 Å². The third kappa shape index (κ3) is 3.90. The maximum absolute atomic E-state index is 12.5. The van der Waals surface area contributed by atoms with E-state index in [0.29, 0.717) is 29.6 Å². The van der Waals surface area contributed by atoms with Crippen LogP contribution in [0.1, 0.15) is 50.4 Å². The van der Waals surface area contributed by atoms with E-state index >= 15 is 0 Å². The van der Waals surface area contributed by atoms with Gasteiger partial charge in [-0.05, 0) is 31.9 Å². The van der Waals surface area contributed by atoms with Crippen molar-refractivity contribution in [1.29, 1.82) is 0 Å². The van der Waals surface area contributed by atoms with E-state index in [4.69, 9.17) is 20.8 Å². The van der Waals surface area contributed by atoms with Crippen molar-refractivity contribution in [2.45, 2.75) is 57.3 Å². The molecule has 6 rings (SSSR count). The SMILES string of the molecule is CCOC(=O)C1=CN2CCN(Cc3cc4cc(Cl)c5c(c4o3)C3(CCCCC3)NC(=O)N5)CC2N1. The summed E-state index contributed by atoms with van der Waals surface area (Å²) in [6.07, 6.45) is 6.93. The first-order chi connectivity index (χ1) is 17.0. The van der Waals surface area contributed by atoms with Gasteiger partial charge in [-0.1, -0.05) is 30.9 Å². The topological polar surface area (TPSA) is 99.1 Å². The highest BCUT2D eigenvalue weighted by molar-refractivity contribution is 6.35. The lowest BCUT2D eigenvalue weighted by Crippen LogP contribution is -2.53. The van der Waals surface area contributed by atoms with Crippen LogP contribution in [0.4, 0.5) is 10.5 Å². The summed E-state index contributed by atoms with van der Waals surface area (Å²) < 4.78 is 11.6. The summed E-state index contributed by atoms with van der Waals surface area (Å²) in [5, 5.41) is 10.9. The molecule has 4 aliphatic rings. The van der Waals surface area contributed by atoms with Gasteiger partial charge in [-0.3, -0.25) is 4.90 Å². The molecule has 1 aromatic heterocycles. The predicted octanol–water partition coefficient (Wildman–Crippen LogP) is 3.83. The molecule has 4 heterocycles. The molecule has 1 aliphatic carbocycles. The zero-order valence-electron chi connectivity index (χ0n) is 19.8. The Morgan fingerprint density at radius 1 is 1.26 bits per heavy atom. The normalized spacial score (nSPS) is 23.3. The van der Waals surface area contributed by atoms with Gasteiger partial charge in [0, 0.05) is 36.8 Å². The standard InChI is InChI=1S/C25H30ClN5O4/c1-2-34-23(32)18-13-31-9-8-30(14-19(31)27-18)12-16-10-15-11-17(26)21-20(22(15)35-16)25(29-24(33)28-21)6-4-3-5-7-25/h10-11,13,19,27H,2-9,12,14H2,1H3,(H2,28,29,33). The number of urea groups is 1. The maximum atomic E-state index is 12.5. The maximum Gasteiger partial charge on any atom is 0.355 e. The van der Waals surface area contributed by atoms with Crippen LogP contribution in [0.3, 0.4) is 0 Å². The van der Waals surface area contributed by atoms with E-state index in [0.717, 1.165) is 67.6 Å². The largest absolute Gasteiger partial charge is 0.461 e. The molecule has 1 unspecified atom stereocenters. The molecule has 1 aromatic carbocycles. The van der Waals surface area contributed by atoms with Crippen molar-refractivity contribution in [2.24, 2.45) is 0 Å². The van der Waals surface area contributed by atoms with Crippen LogP contribution in [-0.4, -0.2) is 54.2 Å². The molecule has 35 heavy (non-hydrogen) atoms. The van der Waals surface area contributed by atoms with Crippen molar-refractivity contribution in [3.05, 3.63) is 40.4 Å². The lowest BCUT2D eigenvalue weighted by molar-refractivity contribution is -0.138. The molecule has 186 valence electrons. The number of amides is 2. The van der Waals surface area contributed by atoms with E-state index in [9.17, 15) is 9.59 Å². The van der Waals surface area contributed by atoms with Crippen molar-refractivity contribution in [3.63, 3.8) is 0 Å². The molecule has 2 amide bonds. The Hall–Kier alpha value is -2.91. The van der Waals surface area contributed by atoms with Gasteiger partial charge in [-0.15, -0.1) is 0 Å². The highest BCUT2D eigenvalue weighted by Gasteiger charge is 2.44. The number of furan rings is 1. The number of rotatable bonds is 4. The zero-order valence-corrected chi connectivity index (χ0v) is 20.5. The number of carbonyl (C=O) groups is 2. The van der Waals surface area contributed by atoms with Crippen molar-refractivity contribution in [2.75, 3.05) is 31.6 Å². The van der Waals surface area contributed by atoms with Gasteiger partial charge < -0.3 is 30.0 Å². The first-order valence-electron chi connectivity index (χ1n) is 12.4. The Morgan fingerprint density at radius 3 is 2.89 bits per heavy atom. The number of hydrogen-bond donors (Lipinski definition) is 3. The van der Waals surface area contributed by atoms with Crippen LogP contribution in [0.5, 0.6) is 0 Å². The number of halogens is 1. The second-order valence-corrected chi connectivity index (χ2v) is 10.3. The third-order valence-electron chi connectivity index (χ3n) is 7.58. The molecule has 0 bridgehead atoms. The highest BCUT2D eigenvalue weighted by atomic mass is 35.5. The van der Waals surface area contributed by atoms with Gasteiger partial charge in [0.2, 0.25) is 0 Å². The minimum absolute atomic E-state index is 0.0275. The van der Waals surface area contributed by atoms with Crippen LogP contribution in [0.2, 0.25) is 5.02 Å². The van der Waals surface area contributed by atoms with Crippen molar-refractivity contribution >= 4 is 40.3 Å². The second-order valence-electron chi connectivity index (χ2n) is 9.86. The fourth-order valence-corrected chi connectivity index (χ4v) is 6.28. The van der Waals surface area contributed by atoms with E-state index in [-0.39, 0.29) is 18.2 Å². The Balaban J connectivity index is 1.25. The van der Waals surface area contributed by atoms with Gasteiger partial charge in [-0.2, -0.15) is 0 Å². The number of nitrogens with one attached hydrogen (secondary N) is 3. The Labute approximate surface area is 208 Å². The van der Waals surface area contributed by atoms with Crippen molar-refractivity contribution < 1.29 is 18.7 Å².